The van der Waals surface area contributed by atoms with Crippen LogP contribution in [0, 0.1) is 10.1 Å². The van der Waals surface area contributed by atoms with Gasteiger partial charge in [0, 0.05) is 24.1 Å². The normalized spacial score (nSPS) is 19.8. The number of nitro groups is 1. The first-order valence-corrected chi connectivity index (χ1v) is 10.0. The molecule has 29 heavy (non-hydrogen) atoms. The number of thiophene rings is 1. The Hall–Kier alpha value is -3.39. The average molecular weight is 407 g/mol. The van der Waals surface area contributed by atoms with Gasteiger partial charge in [-0.05, 0) is 23.6 Å². The van der Waals surface area contributed by atoms with Crippen LogP contribution in [0.2, 0.25) is 0 Å². The van der Waals surface area contributed by atoms with Crippen molar-refractivity contribution in [3.05, 3.63) is 86.1 Å². The van der Waals surface area contributed by atoms with Crippen molar-refractivity contribution in [2.45, 2.75) is 18.7 Å². The number of non-ortho nitro benzene ring substituents is 1. The van der Waals surface area contributed by atoms with Crippen LogP contribution < -0.4 is 9.47 Å². The van der Waals surface area contributed by atoms with Gasteiger partial charge in [-0.3, -0.25) is 10.1 Å². The number of rotatable bonds is 4. The number of hydrogen-bond donors (Lipinski definition) is 0. The third-order valence-corrected chi connectivity index (χ3v) is 6.11. The average Bonchev–Trinajstić information content (AvgIpc) is 3.42. The number of fused-ring (bicyclic) bond motifs is 3. The summed E-state index contributed by atoms with van der Waals surface area (Å²) in [4.78, 5) is 12.1. The third-order valence-electron chi connectivity index (χ3n) is 5.19. The molecule has 0 spiro atoms. The van der Waals surface area contributed by atoms with Crippen molar-refractivity contribution in [2.24, 2.45) is 5.10 Å². The lowest BCUT2D eigenvalue weighted by atomic mass is 9.97. The number of methoxy groups -OCH3 is 1. The second-order valence-corrected chi connectivity index (χ2v) is 7.76. The van der Waals surface area contributed by atoms with E-state index in [-0.39, 0.29) is 11.7 Å². The molecule has 0 bridgehead atoms. The van der Waals surface area contributed by atoms with Crippen LogP contribution in [0.1, 0.15) is 34.7 Å². The zero-order chi connectivity index (χ0) is 20.0. The molecule has 0 unspecified atom stereocenters. The van der Waals surface area contributed by atoms with Crippen molar-refractivity contribution in [1.82, 2.24) is 5.01 Å². The van der Waals surface area contributed by atoms with Crippen LogP contribution in [-0.4, -0.2) is 22.8 Å². The summed E-state index contributed by atoms with van der Waals surface area (Å²) in [5.74, 6) is 1.29. The summed E-state index contributed by atoms with van der Waals surface area (Å²) in [6.07, 6.45) is 0.122. The highest BCUT2D eigenvalue weighted by molar-refractivity contribution is 7.12. The molecule has 146 valence electrons. The monoisotopic (exact) mass is 407 g/mol. The zero-order valence-electron chi connectivity index (χ0n) is 15.5. The Morgan fingerprint density at radius 2 is 2.07 bits per heavy atom. The largest absolute Gasteiger partial charge is 0.496 e. The van der Waals surface area contributed by atoms with Crippen molar-refractivity contribution in [1.29, 1.82) is 0 Å². The maximum absolute atomic E-state index is 11.4. The Bertz CT molecular complexity index is 1110. The van der Waals surface area contributed by atoms with Gasteiger partial charge in [0.15, 0.2) is 0 Å². The van der Waals surface area contributed by atoms with Gasteiger partial charge in [0.2, 0.25) is 6.23 Å². The fourth-order valence-corrected chi connectivity index (χ4v) is 4.58. The lowest BCUT2D eigenvalue weighted by Crippen LogP contribution is -2.34. The Labute approximate surface area is 171 Å². The Balaban J connectivity index is 1.65. The van der Waals surface area contributed by atoms with Gasteiger partial charge in [0.1, 0.15) is 11.5 Å². The van der Waals surface area contributed by atoms with E-state index in [1.807, 2.05) is 40.7 Å². The van der Waals surface area contributed by atoms with E-state index in [1.54, 1.807) is 24.5 Å². The van der Waals surface area contributed by atoms with Gasteiger partial charge >= 0.3 is 0 Å². The van der Waals surface area contributed by atoms with Crippen molar-refractivity contribution in [3.8, 4) is 11.5 Å². The minimum absolute atomic E-state index is 0.00832. The van der Waals surface area contributed by atoms with E-state index in [9.17, 15) is 10.1 Å². The van der Waals surface area contributed by atoms with Crippen molar-refractivity contribution >= 4 is 22.7 Å². The highest BCUT2D eigenvalue weighted by Crippen LogP contribution is 2.49. The molecule has 0 radical (unpaired) electrons. The maximum atomic E-state index is 11.4. The molecule has 2 aliphatic rings. The summed E-state index contributed by atoms with van der Waals surface area (Å²) >= 11 is 1.65. The van der Waals surface area contributed by atoms with Gasteiger partial charge in [-0.1, -0.05) is 24.3 Å². The molecule has 8 heteroatoms. The topological polar surface area (TPSA) is 77.2 Å². The molecule has 0 N–H and O–H groups in total. The summed E-state index contributed by atoms with van der Waals surface area (Å²) in [6, 6.07) is 16.5. The van der Waals surface area contributed by atoms with Crippen LogP contribution >= 0.6 is 11.3 Å². The summed E-state index contributed by atoms with van der Waals surface area (Å²) in [7, 11) is 1.54. The lowest BCUT2D eigenvalue weighted by Gasteiger charge is -2.38. The van der Waals surface area contributed by atoms with Gasteiger partial charge in [-0.2, -0.15) is 5.10 Å². The van der Waals surface area contributed by atoms with Crippen molar-refractivity contribution < 1.29 is 14.4 Å². The first-order chi connectivity index (χ1) is 14.2. The summed E-state index contributed by atoms with van der Waals surface area (Å²) < 4.78 is 11.8. The number of hydrazone groups is 1. The van der Waals surface area contributed by atoms with E-state index in [4.69, 9.17) is 14.6 Å². The predicted molar refractivity (Wildman–Crippen MR) is 110 cm³/mol. The molecular formula is C21H17N3O4S. The van der Waals surface area contributed by atoms with Crippen molar-refractivity contribution in [2.75, 3.05) is 7.11 Å². The maximum Gasteiger partial charge on any atom is 0.270 e. The van der Waals surface area contributed by atoms with E-state index >= 15 is 0 Å². The van der Waals surface area contributed by atoms with E-state index in [1.165, 1.54) is 12.1 Å². The molecule has 3 aromatic rings. The molecule has 0 saturated heterocycles. The van der Waals surface area contributed by atoms with Crippen molar-refractivity contribution in [3.63, 3.8) is 0 Å². The number of nitrogens with zero attached hydrogens (tertiary/aromatic N) is 3. The van der Waals surface area contributed by atoms with Crippen LogP contribution in [0.15, 0.2) is 65.1 Å². The smallest absolute Gasteiger partial charge is 0.270 e. The molecular weight excluding hydrogens is 390 g/mol. The number of nitro benzene ring substituents is 1. The molecule has 0 amide bonds. The molecule has 5 rings (SSSR count). The van der Waals surface area contributed by atoms with Crippen LogP contribution in [0.4, 0.5) is 5.69 Å². The number of ether oxygens (including phenoxy) is 2. The first kappa shape index (κ1) is 17.7. The molecule has 0 fully saturated rings. The molecule has 2 aromatic carbocycles. The fourth-order valence-electron chi connectivity index (χ4n) is 3.86. The number of hydrogen-bond acceptors (Lipinski definition) is 7. The van der Waals surface area contributed by atoms with Gasteiger partial charge in [0.25, 0.3) is 5.69 Å². The summed E-state index contributed by atoms with van der Waals surface area (Å²) in [5.41, 5.74) is 2.61. The molecule has 2 atom stereocenters. The first-order valence-electron chi connectivity index (χ1n) is 9.13. The summed E-state index contributed by atoms with van der Waals surface area (Å²) in [6.45, 7) is 0. The standard InChI is InChI=1S/C21H17N3O4S/c1-27-18-9-8-13(24(25)26)11-15(18)21-23-17(14-5-2-3-6-19(14)28-21)12-16(22-23)20-7-4-10-29-20/h2-11,17,21H,12H2,1H3/t17-,21-/m0/s1. The van der Waals surface area contributed by atoms with E-state index < -0.39 is 11.2 Å². The SMILES string of the molecule is COc1ccc([N+](=O)[O-])cc1[C@@H]1Oc2ccccc2[C@@H]2CC(c3cccs3)=NN21. The second kappa shape index (κ2) is 6.89. The second-order valence-electron chi connectivity index (χ2n) is 6.82. The molecule has 0 saturated carbocycles. The van der Waals surface area contributed by atoms with E-state index in [0.717, 1.165) is 28.3 Å². The third kappa shape index (κ3) is 2.92. The van der Waals surface area contributed by atoms with Gasteiger partial charge in [0.05, 0.1) is 34.2 Å². The Morgan fingerprint density at radius 1 is 1.21 bits per heavy atom. The van der Waals surface area contributed by atoms with Gasteiger partial charge in [-0.15, -0.1) is 11.3 Å². The molecule has 3 heterocycles. The Morgan fingerprint density at radius 3 is 2.83 bits per heavy atom. The van der Waals surface area contributed by atoms with Crippen LogP contribution in [0.5, 0.6) is 11.5 Å². The lowest BCUT2D eigenvalue weighted by molar-refractivity contribution is -0.385. The van der Waals surface area contributed by atoms with E-state index in [2.05, 4.69) is 6.07 Å². The predicted octanol–water partition coefficient (Wildman–Crippen LogP) is 4.91. The highest BCUT2D eigenvalue weighted by atomic mass is 32.1. The minimum Gasteiger partial charge on any atom is -0.496 e. The van der Waals surface area contributed by atoms with Crippen LogP contribution in [0.3, 0.4) is 0 Å². The van der Waals surface area contributed by atoms with Gasteiger partial charge in [-0.25, -0.2) is 5.01 Å². The van der Waals surface area contributed by atoms with E-state index in [0.29, 0.717) is 11.3 Å². The highest BCUT2D eigenvalue weighted by Gasteiger charge is 2.42. The quantitative estimate of drug-likeness (QED) is 0.454. The van der Waals surface area contributed by atoms with Crippen LogP contribution in [0.25, 0.3) is 0 Å². The zero-order valence-corrected chi connectivity index (χ0v) is 16.3. The van der Waals surface area contributed by atoms with Crippen LogP contribution in [-0.2, 0) is 0 Å². The number of benzene rings is 2. The summed E-state index contributed by atoms with van der Waals surface area (Å²) in [5, 5.41) is 20.2. The molecule has 0 aliphatic carbocycles. The van der Waals surface area contributed by atoms with Gasteiger partial charge < -0.3 is 9.47 Å². The molecule has 1 aromatic heterocycles. The number of para-hydroxylation sites is 1. The Kier molecular flexibility index (Phi) is 4.21. The fraction of sp³-hybridized carbons (Fsp3) is 0.190. The minimum atomic E-state index is -0.623. The molecule has 7 nitrogen and oxygen atoms in total. The molecule has 2 aliphatic heterocycles.